The van der Waals surface area contributed by atoms with Gasteiger partial charge in [-0.1, -0.05) is 70.5 Å². The van der Waals surface area contributed by atoms with Gasteiger partial charge in [0.25, 0.3) is 11.8 Å². The van der Waals surface area contributed by atoms with E-state index in [-0.39, 0.29) is 18.4 Å². The molecule has 0 fully saturated rings. The Kier molecular flexibility index (Phi) is 4.97. The first-order valence-corrected chi connectivity index (χ1v) is 9.82. The molecule has 3 nitrogen and oxygen atoms in total. The van der Waals surface area contributed by atoms with Crippen LogP contribution in [0.1, 0.15) is 33.2 Å². The van der Waals surface area contributed by atoms with Gasteiger partial charge in [-0.3, -0.25) is 14.5 Å². The van der Waals surface area contributed by atoms with Gasteiger partial charge in [0, 0.05) is 11.0 Å². The van der Waals surface area contributed by atoms with Crippen molar-refractivity contribution in [3.05, 3.63) is 100 Å². The SMILES string of the molecule is C/C(=C/CN1C(=O)c2ccccc2C1=O)c1ccc(-c2ccc(Br)cc2)cc1. The zero-order valence-corrected chi connectivity index (χ0v) is 16.9. The Bertz CT molecular complexity index is 1050. The van der Waals surface area contributed by atoms with Gasteiger partial charge in [-0.25, -0.2) is 0 Å². The highest BCUT2D eigenvalue weighted by Crippen LogP contribution is 2.25. The molecule has 0 radical (unpaired) electrons. The van der Waals surface area contributed by atoms with Crippen molar-refractivity contribution in [2.24, 2.45) is 0 Å². The molecule has 0 saturated heterocycles. The lowest BCUT2D eigenvalue weighted by atomic mass is 10.0. The monoisotopic (exact) mass is 431 g/mol. The van der Waals surface area contributed by atoms with Crippen LogP contribution in [0.15, 0.2) is 83.3 Å². The molecular weight excluding hydrogens is 414 g/mol. The van der Waals surface area contributed by atoms with E-state index in [2.05, 4.69) is 52.3 Å². The maximum atomic E-state index is 12.5. The Balaban J connectivity index is 1.50. The molecule has 0 unspecified atom stereocenters. The molecular formula is C24H18BrNO2. The molecule has 3 aromatic carbocycles. The van der Waals surface area contributed by atoms with Crippen LogP contribution in [0.3, 0.4) is 0 Å². The third-order valence-electron chi connectivity index (χ3n) is 4.98. The summed E-state index contributed by atoms with van der Waals surface area (Å²) in [5.74, 6) is -0.453. The third-order valence-corrected chi connectivity index (χ3v) is 5.50. The highest BCUT2D eigenvalue weighted by Gasteiger charge is 2.34. The first-order chi connectivity index (χ1) is 13.5. The van der Waals surface area contributed by atoms with Gasteiger partial charge in [-0.05, 0) is 53.5 Å². The quantitative estimate of drug-likeness (QED) is 0.488. The number of carbonyl (C=O) groups is 2. The van der Waals surface area contributed by atoms with Crippen molar-refractivity contribution < 1.29 is 9.59 Å². The lowest BCUT2D eigenvalue weighted by molar-refractivity contribution is 0.0672. The molecule has 0 N–H and O–H groups in total. The number of imide groups is 1. The van der Waals surface area contributed by atoms with Crippen LogP contribution in [0.4, 0.5) is 0 Å². The van der Waals surface area contributed by atoms with Crippen LogP contribution in [-0.4, -0.2) is 23.3 Å². The molecule has 0 aromatic heterocycles. The van der Waals surface area contributed by atoms with E-state index in [0.717, 1.165) is 26.7 Å². The van der Waals surface area contributed by atoms with E-state index in [1.165, 1.54) is 4.90 Å². The Labute approximate surface area is 172 Å². The van der Waals surface area contributed by atoms with E-state index in [0.29, 0.717) is 11.1 Å². The predicted molar refractivity (Wildman–Crippen MR) is 115 cm³/mol. The van der Waals surface area contributed by atoms with Crippen molar-refractivity contribution >= 4 is 33.3 Å². The van der Waals surface area contributed by atoms with Crippen LogP contribution in [0.5, 0.6) is 0 Å². The lowest BCUT2D eigenvalue weighted by Gasteiger charge is -2.12. The Morgan fingerprint density at radius 2 is 1.32 bits per heavy atom. The normalized spacial score (nSPS) is 13.8. The van der Waals surface area contributed by atoms with E-state index >= 15 is 0 Å². The molecule has 0 spiro atoms. The van der Waals surface area contributed by atoms with Gasteiger partial charge in [0.15, 0.2) is 0 Å². The third kappa shape index (κ3) is 3.43. The molecule has 0 saturated carbocycles. The number of benzene rings is 3. The summed E-state index contributed by atoms with van der Waals surface area (Å²) >= 11 is 3.45. The van der Waals surface area contributed by atoms with Gasteiger partial charge in [0.1, 0.15) is 0 Å². The largest absolute Gasteiger partial charge is 0.270 e. The number of carbonyl (C=O) groups excluding carboxylic acids is 2. The van der Waals surface area contributed by atoms with Crippen LogP contribution in [0, 0.1) is 0 Å². The topological polar surface area (TPSA) is 37.4 Å². The number of allylic oxidation sites excluding steroid dienone is 1. The minimum atomic E-state index is -0.227. The van der Waals surface area contributed by atoms with Crippen LogP contribution in [-0.2, 0) is 0 Å². The zero-order chi connectivity index (χ0) is 19.7. The fourth-order valence-corrected chi connectivity index (χ4v) is 3.58. The van der Waals surface area contributed by atoms with Gasteiger partial charge >= 0.3 is 0 Å². The number of nitrogens with zero attached hydrogens (tertiary/aromatic N) is 1. The smallest absolute Gasteiger partial charge is 0.261 e. The van der Waals surface area contributed by atoms with E-state index in [9.17, 15) is 9.59 Å². The standard InChI is InChI=1S/C24H18BrNO2/c1-16(14-15-26-23(27)21-4-2-3-5-22(21)24(26)28)17-6-8-18(9-7-17)19-10-12-20(25)13-11-19/h2-14H,15H2,1H3/b16-14-. The predicted octanol–water partition coefficient (Wildman–Crippen LogP) is 5.82. The highest BCUT2D eigenvalue weighted by molar-refractivity contribution is 9.10. The number of rotatable bonds is 4. The summed E-state index contributed by atoms with van der Waals surface area (Å²) in [6, 6.07) is 23.4. The van der Waals surface area contributed by atoms with Crippen LogP contribution < -0.4 is 0 Å². The van der Waals surface area contributed by atoms with Crippen molar-refractivity contribution in [1.82, 2.24) is 4.90 Å². The summed E-state index contributed by atoms with van der Waals surface area (Å²) in [5, 5.41) is 0. The minimum absolute atomic E-state index is 0.227. The number of amides is 2. The molecule has 28 heavy (non-hydrogen) atoms. The van der Waals surface area contributed by atoms with E-state index in [1.54, 1.807) is 24.3 Å². The van der Waals surface area contributed by atoms with Crippen LogP contribution >= 0.6 is 15.9 Å². The maximum absolute atomic E-state index is 12.5. The van der Waals surface area contributed by atoms with Gasteiger partial charge in [-0.2, -0.15) is 0 Å². The van der Waals surface area contributed by atoms with Crippen molar-refractivity contribution in [2.75, 3.05) is 6.54 Å². The summed E-state index contributed by atoms with van der Waals surface area (Å²) < 4.78 is 1.06. The molecule has 138 valence electrons. The molecule has 0 aliphatic carbocycles. The first kappa shape index (κ1) is 18.4. The highest BCUT2D eigenvalue weighted by atomic mass is 79.9. The second kappa shape index (κ2) is 7.56. The number of hydrogen-bond acceptors (Lipinski definition) is 2. The Morgan fingerprint density at radius 1 is 0.821 bits per heavy atom. The zero-order valence-electron chi connectivity index (χ0n) is 15.4. The first-order valence-electron chi connectivity index (χ1n) is 9.03. The van der Waals surface area contributed by atoms with Crippen molar-refractivity contribution in [2.45, 2.75) is 6.92 Å². The summed E-state index contributed by atoms with van der Waals surface area (Å²) in [6.07, 6.45) is 1.93. The number of halogens is 1. The van der Waals surface area contributed by atoms with Crippen LogP contribution in [0.25, 0.3) is 16.7 Å². The van der Waals surface area contributed by atoms with E-state index in [1.807, 2.05) is 25.1 Å². The molecule has 2 amide bonds. The van der Waals surface area contributed by atoms with Gasteiger partial charge in [0.2, 0.25) is 0 Å². The minimum Gasteiger partial charge on any atom is -0.270 e. The summed E-state index contributed by atoms with van der Waals surface area (Å²) in [5.41, 5.74) is 5.36. The van der Waals surface area contributed by atoms with Crippen molar-refractivity contribution in [1.29, 1.82) is 0 Å². The fraction of sp³-hybridized carbons (Fsp3) is 0.0833. The van der Waals surface area contributed by atoms with Gasteiger partial charge < -0.3 is 0 Å². The Morgan fingerprint density at radius 3 is 1.86 bits per heavy atom. The lowest BCUT2D eigenvalue weighted by Crippen LogP contribution is -2.29. The molecule has 0 atom stereocenters. The summed E-state index contributed by atoms with van der Waals surface area (Å²) in [4.78, 5) is 26.2. The average Bonchev–Trinajstić information content (AvgIpc) is 2.97. The van der Waals surface area contributed by atoms with E-state index in [4.69, 9.17) is 0 Å². The van der Waals surface area contributed by atoms with Crippen molar-refractivity contribution in [3.8, 4) is 11.1 Å². The van der Waals surface area contributed by atoms with Crippen LogP contribution in [0.2, 0.25) is 0 Å². The number of fused-ring (bicyclic) bond motifs is 1. The second-order valence-electron chi connectivity index (χ2n) is 6.74. The fourth-order valence-electron chi connectivity index (χ4n) is 3.32. The molecule has 0 bridgehead atoms. The molecule has 1 aliphatic rings. The second-order valence-corrected chi connectivity index (χ2v) is 7.65. The Hall–Kier alpha value is -2.98. The van der Waals surface area contributed by atoms with Gasteiger partial charge in [-0.15, -0.1) is 0 Å². The average molecular weight is 432 g/mol. The number of hydrogen-bond donors (Lipinski definition) is 0. The maximum Gasteiger partial charge on any atom is 0.261 e. The summed E-state index contributed by atoms with van der Waals surface area (Å²) in [7, 11) is 0. The van der Waals surface area contributed by atoms with E-state index < -0.39 is 0 Å². The summed E-state index contributed by atoms with van der Waals surface area (Å²) in [6.45, 7) is 2.26. The molecule has 1 aliphatic heterocycles. The van der Waals surface area contributed by atoms with Crippen molar-refractivity contribution in [3.63, 3.8) is 0 Å². The molecule has 1 heterocycles. The molecule has 4 heteroatoms. The van der Waals surface area contributed by atoms with Gasteiger partial charge in [0.05, 0.1) is 11.1 Å². The molecule has 3 aromatic rings. The molecule has 4 rings (SSSR count).